The number of nitrogens with one attached hydrogen (secondary N) is 3. The second-order valence-electron chi connectivity index (χ2n) is 7.55. The minimum absolute atomic E-state index is 0.246. The molecule has 4 aromatic carbocycles. The number of carbonyl (C=O) groups is 3. The normalized spacial score (nSPS) is 10.2. The molecule has 4 rings (SSSR count). The van der Waals surface area contributed by atoms with Gasteiger partial charge in [-0.2, -0.15) is 0 Å². The van der Waals surface area contributed by atoms with Crippen molar-refractivity contribution in [3.8, 4) is 16.9 Å². The number of hydrogen-bond donors (Lipinski definition) is 3. The molecule has 4 aromatic rings. The summed E-state index contributed by atoms with van der Waals surface area (Å²) in [6.07, 6.45) is 0. The van der Waals surface area contributed by atoms with Crippen LogP contribution >= 0.6 is 0 Å². The van der Waals surface area contributed by atoms with Gasteiger partial charge in [0.1, 0.15) is 5.75 Å². The second-order valence-corrected chi connectivity index (χ2v) is 7.55. The molecular weight excluding hydrogens is 442 g/mol. The SMILES string of the molecule is O=C(COc1ccccc1-c1ccccc1)NNC(=O)c1ccc(NC(=O)c2ccccc2)cc1. The van der Waals surface area contributed by atoms with E-state index in [-0.39, 0.29) is 12.5 Å². The number of para-hydroxylation sites is 1. The van der Waals surface area contributed by atoms with Crippen molar-refractivity contribution in [3.63, 3.8) is 0 Å². The first-order valence-corrected chi connectivity index (χ1v) is 10.9. The third-order valence-corrected chi connectivity index (χ3v) is 5.09. The van der Waals surface area contributed by atoms with Crippen molar-refractivity contribution in [1.29, 1.82) is 0 Å². The summed E-state index contributed by atoms with van der Waals surface area (Å²) in [6.45, 7) is -0.269. The summed E-state index contributed by atoms with van der Waals surface area (Å²) in [5.41, 5.74) is 7.94. The van der Waals surface area contributed by atoms with Crippen LogP contribution in [-0.4, -0.2) is 24.3 Å². The average Bonchev–Trinajstić information content (AvgIpc) is 2.92. The molecule has 0 aliphatic heterocycles. The van der Waals surface area contributed by atoms with Gasteiger partial charge in [0.2, 0.25) is 0 Å². The lowest BCUT2D eigenvalue weighted by molar-refractivity contribution is -0.123. The Morgan fingerprint density at radius 2 is 1.20 bits per heavy atom. The maximum absolute atomic E-state index is 12.4. The van der Waals surface area contributed by atoms with E-state index in [1.807, 2.05) is 54.6 Å². The highest BCUT2D eigenvalue weighted by molar-refractivity contribution is 6.04. The molecular formula is C28H23N3O4. The van der Waals surface area contributed by atoms with E-state index < -0.39 is 11.8 Å². The molecule has 174 valence electrons. The summed E-state index contributed by atoms with van der Waals surface area (Å²) in [5, 5.41) is 2.77. The fourth-order valence-electron chi connectivity index (χ4n) is 3.32. The zero-order valence-electron chi connectivity index (χ0n) is 18.7. The molecule has 3 N–H and O–H groups in total. The smallest absolute Gasteiger partial charge is 0.276 e. The standard InChI is InChI=1S/C28H23N3O4/c32-26(19-35-25-14-8-7-13-24(25)20-9-3-1-4-10-20)30-31-28(34)22-15-17-23(18-16-22)29-27(33)21-11-5-2-6-12-21/h1-18H,19H2,(H,29,33)(H,30,32)(H,31,34). The number of ether oxygens (including phenoxy) is 1. The van der Waals surface area contributed by atoms with Crippen LogP contribution in [0.3, 0.4) is 0 Å². The Balaban J connectivity index is 1.27. The van der Waals surface area contributed by atoms with E-state index in [1.165, 1.54) is 0 Å². The third kappa shape index (κ3) is 6.33. The molecule has 0 atom stereocenters. The molecule has 35 heavy (non-hydrogen) atoms. The zero-order valence-corrected chi connectivity index (χ0v) is 18.7. The highest BCUT2D eigenvalue weighted by Crippen LogP contribution is 2.29. The van der Waals surface area contributed by atoms with E-state index in [0.29, 0.717) is 22.6 Å². The molecule has 0 saturated heterocycles. The van der Waals surface area contributed by atoms with Crippen molar-refractivity contribution in [2.75, 3.05) is 11.9 Å². The van der Waals surface area contributed by atoms with E-state index in [0.717, 1.165) is 11.1 Å². The predicted molar refractivity (Wildman–Crippen MR) is 134 cm³/mol. The van der Waals surface area contributed by atoms with Crippen molar-refractivity contribution >= 4 is 23.4 Å². The molecule has 0 saturated carbocycles. The van der Waals surface area contributed by atoms with Gasteiger partial charge in [0, 0.05) is 22.4 Å². The van der Waals surface area contributed by atoms with Crippen LogP contribution in [0, 0.1) is 0 Å². The Morgan fingerprint density at radius 3 is 1.91 bits per heavy atom. The molecule has 0 spiro atoms. The van der Waals surface area contributed by atoms with Crippen LogP contribution in [0.2, 0.25) is 0 Å². The summed E-state index contributed by atoms with van der Waals surface area (Å²) < 4.78 is 5.68. The van der Waals surface area contributed by atoms with Crippen molar-refractivity contribution in [2.45, 2.75) is 0 Å². The molecule has 0 aromatic heterocycles. The molecule has 7 nitrogen and oxygen atoms in total. The van der Waals surface area contributed by atoms with E-state index in [1.54, 1.807) is 54.6 Å². The summed E-state index contributed by atoms with van der Waals surface area (Å²) in [5.74, 6) is -0.686. The first-order chi connectivity index (χ1) is 17.1. The van der Waals surface area contributed by atoms with Gasteiger partial charge >= 0.3 is 0 Å². The Kier molecular flexibility index (Phi) is 7.50. The topological polar surface area (TPSA) is 96.5 Å². The van der Waals surface area contributed by atoms with Crippen LogP contribution in [-0.2, 0) is 4.79 Å². The maximum Gasteiger partial charge on any atom is 0.276 e. The van der Waals surface area contributed by atoms with Crippen molar-refractivity contribution in [3.05, 3.63) is 120 Å². The Labute approximate surface area is 202 Å². The number of rotatable bonds is 7. The summed E-state index contributed by atoms with van der Waals surface area (Å²) in [7, 11) is 0. The minimum Gasteiger partial charge on any atom is -0.483 e. The predicted octanol–water partition coefficient (Wildman–Crippen LogP) is 4.45. The number of amides is 3. The Bertz CT molecular complexity index is 1310. The summed E-state index contributed by atoms with van der Waals surface area (Å²) >= 11 is 0. The molecule has 0 fully saturated rings. The van der Waals surface area contributed by atoms with Crippen LogP contribution in [0.15, 0.2) is 109 Å². The van der Waals surface area contributed by atoms with Crippen LogP contribution < -0.4 is 20.9 Å². The summed E-state index contributed by atoms with van der Waals surface area (Å²) in [6, 6.07) is 32.3. The number of anilines is 1. The van der Waals surface area contributed by atoms with E-state index >= 15 is 0 Å². The largest absolute Gasteiger partial charge is 0.483 e. The Morgan fingerprint density at radius 1 is 0.600 bits per heavy atom. The molecule has 0 aliphatic carbocycles. The second kappa shape index (κ2) is 11.3. The van der Waals surface area contributed by atoms with Crippen molar-refractivity contribution in [2.24, 2.45) is 0 Å². The molecule has 0 bridgehead atoms. The first-order valence-electron chi connectivity index (χ1n) is 10.9. The number of hydrogen-bond acceptors (Lipinski definition) is 4. The minimum atomic E-state index is -0.507. The van der Waals surface area contributed by atoms with E-state index in [2.05, 4.69) is 16.2 Å². The summed E-state index contributed by atoms with van der Waals surface area (Å²) in [4.78, 5) is 36.8. The molecule has 0 unspecified atom stereocenters. The molecule has 3 amide bonds. The number of carbonyl (C=O) groups excluding carboxylic acids is 3. The number of benzene rings is 4. The average molecular weight is 466 g/mol. The van der Waals surface area contributed by atoms with Crippen LogP contribution in [0.5, 0.6) is 5.75 Å². The van der Waals surface area contributed by atoms with Gasteiger partial charge in [-0.05, 0) is 48.0 Å². The first kappa shape index (κ1) is 23.3. The highest BCUT2D eigenvalue weighted by Gasteiger charge is 2.11. The lowest BCUT2D eigenvalue weighted by atomic mass is 10.1. The van der Waals surface area contributed by atoms with Gasteiger partial charge in [-0.3, -0.25) is 25.2 Å². The van der Waals surface area contributed by atoms with Crippen LogP contribution in [0.1, 0.15) is 20.7 Å². The van der Waals surface area contributed by atoms with Crippen LogP contribution in [0.4, 0.5) is 5.69 Å². The van der Waals surface area contributed by atoms with Gasteiger partial charge in [0.15, 0.2) is 6.61 Å². The third-order valence-electron chi connectivity index (χ3n) is 5.09. The van der Waals surface area contributed by atoms with Gasteiger partial charge < -0.3 is 10.1 Å². The van der Waals surface area contributed by atoms with E-state index in [4.69, 9.17) is 4.74 Å². The fourth-order valence-corrected chi connectivity index (χ4v) is 3.32. The van der Waals surface area contributed by atoms with Gasteiger partial charge in [0.25, 0.3) is 17.7 Å². The maximum atomic E-state index is 12.4. The van der Waals surface area contributed by atoms with Crippen LogP contribution in [0.25, 0.3) is 11.1 Å². The highest BCUT2D eigenvalue weighted by atomic mass is 16.5. The molecule has 0 heterocycles. The number of hydrazine groups is 1. The molecule has 0 aliphatic rings. The quantitative estimate of drug-likeness (QED) is 0.352. The zero-order chi connectivity index (χ0) is 24.5. The van der Waals surface area contributed by atoms with Gasteiger partial charge in [0.05, 0.1) is 0 Å². The van der Waals surface area contributed by atoms with E-state index in [9.17, 15) is 14.4 Å². The molecule has 0 radical (unpaired) electrons. The molecule has 7 heteroatoms. The monoisotopic (exact) mass is 465 g/mol. The Hall–Kier alpha value is -4.91. The van der Waals surface area contributed by atoms with Gasteiger partial charge in [-0.25, -0.2) is 0 Å². The van der Waals surface area contributed by atoms with Gasteiger partial charge in [-0.1, -0.05) is 66.7 Å². The fraction of sp³-hybridized carbons (Fsp3) is 0.0357. The lowest BCUT2D eigenvalue weighted by Crippen LogP contribution is -2.43. The lowest BCUT2D eigenvalue weighted by Gasteiger charge is -2.12. The van der Waals surface area contributed by atoms with Crippen molar-refractivity contribution < 1.29 is 19.1 Å². The van der Waals surface area contributed by atoms with Gasteiger partial charge in [-0.15, -0.1) is 0 Å². The van der Waals surface area contributed by atoms with Crippen molar-refractivity contribution in [1.82, 2.24) is 10.9 Å².